The van der Waals surface area contributed by atoms with Crippen molar-refractivity contribution in [2.45, 2.75) is 50.6 Å². The smallest absolute Gasteiger partial charge is 0.416 e. The van der Waals surface area contributed by atoms with E-state index in [9.17, 15) is 21.6 Å². The second-order valence-electron chi connectivity index (χ2n) is 9.26. The van der Waals surface area contributed by atoms with Crippen molar-refractivity contribution < 1.29 is 31.1 Å². The largest absolute Gasteiger partial charge is 0.456 e. The Morgan fingerprint density at radius 2 is 1.83 bits per heavy atom. The van der Waals surface area contributed by atoms with Gasteiger partial charge in [-0.3, -0.25) is 0 Å². The van der Waals surface area contributed by atoms with Crippen LogP contribution in [0.3, 0.4) is 0 Å². The molecule has 0 saturated carbocycles. The molecule has 3 rings (SSSR count). The predicted molar refractivity (Wildman–Crippen MR) is 132 cm³/mol. The van der Waals surface area contributed by atoms with E-state index in [-0.39, 0.29) is 34.9 Å². The minimum Gasteiger partial charge on any atom is -0.456 e. The van der Waals surface area contributed by atoms with Crippen LogP contribution in [0.25, 0.3) is 0 Å². The highest BCUT2D eigenvalue weighted by Gasteiger charge is 2.31. The molecule has 1 unspecified atom stereocenters. The van der Waals surface area contributed by atoms with Gasteiger partial charge in [-0.1, -0.05) is 23.7 Å². The Balaban J connectivity index is 1.58. The van der Waals surface area contributed by atoms with Crippen molar-refractivity contribution in [2.24, 2.45) is 0 Å². The second kappa shape index (κ2) is 10.8. The third kappa shape index (κ3) is 7.15. The molecule has 0 amide bonds. The molecule has 0 aliphatic carbocycles. The number of nitrogens with zero attached hydrogens (tertiary/aromatic N) is 1. The number of anilines is 1. The van der Waals surface area contributed by atoms with Gasteiger partial charge in [0.1, 0.15) is 11.5 Å². The van der Waals surface area contributed by atoms with Gasteiger partial charge in [0.15, 0.2) is 9.84 Å². The Hall–Kier alpha value is -2.23. The number of hydrogen-bond donors (Lipinski definition) is 0. The first-order chi connectivity index (χ1) is 16.3. The van der Waals surface area contributed by atoms with Crippen molar-refractivity contribution in [1.29, 1.82) is 0 Å². The van der Waals surface area contributed by atoms with Crippen molar-refractivity contribution >= 4 is 27.1 Å². The molecule has 1 atom stereocenters. The Morgan fingerprint density at radius 1 is 1.09 bits per heavy atom. The van der Waals surface area contributed by atoms with Crippen molar-refractivity contribution in [1.82, 2.24) is 0 Å². The SMILES string of the molecule is CC(C)(C)S(=O)(=O)CCOCCC1CC=CN1c1ccc(Oc2cccc(C(F)(F)F)c2)c(Cl)c1. The predicted octanol–water partition coefficient (Wildman–Crippen LogP) is 6.86. The number of hydrogen-bond acceptors (Lipinski definition) is 5. The lowest BCUT2D eigenvalue weighted by atomic mass is 10.1. The van der Waals surface area contributed by atoms with Gasteiger partial charge in [0.2, 0.25) is 0 Å². The fraction of sp³-hybridized carbons (Fsp3) is 0.440. The minimum absolute atomic E-state index is 0.0217. The van der Waals surface area contributed by atoms with Crippen molar-refractivity contribution in [3.05, 3.63) is 65.3 Å². The zero-order valence-electron chi connectivity index (χ0n) is 19.8. The lowest BCUT2D eigenvalue weighted by Gasteiger charge is -2.26. The second-order valence-corrected chi connectivity index (χ2v) is 12.5. The van der Waals surface area contributed by atoms with Crippen LogP contribution in [0.4, 0.5) is 18.9 Å². The lowest BCUT2D eigenvalue weighted by molar-refractivity contribution is -0.137. The number of benzene rings is 2. The van der Waals surface area contributed by atoms with Gasteiger partial charge >= 0.3 is 6.18 Å². The van der Waals surface area contributed by atoms with Crippen LogP contribution in [0.2, 0.25) is 5.02 Å². The molecule has 0 spiro atoms. The number of alkyl halides is 3. The third-order valence-corrected chi connectivity index (χ3v) is 8.56. The maximum absolute atomic E-state index is 12.9. The van der Waals surface area contributed by atoms with Crippen molar-refractivity contribution in [3.63, 3.8) is 0 Å². The molecule has 0 radical (unpaired) electrons. The molecule has 1 aliphatic heterocycles. The fourth-order valence-electron chi connectivity index (χ4n) is 3.51. The summed E-state index contributed by atoms with van der Waals surface area (Å²) in [6, 6.07) is 9.83. The van der Waals surface area contributed by atoms with Gasteiger partial charge in [-0.15, -0.1) is 0 Å². The first kappa shape index (κ1) is 27.4. The minimum atomic E-state index is -4.46. The zero-order chi connectivity index (χ0) is 25.9. The standard InChI is InChI=1S/C25H29ClF3NO4S/c1-24(2,3)35(31,32)15-14-33-13-11-19-7-5-12-30(19)20-9-10-23(22(26)17-20)34-21-8-4-6-18(16-21)25(27,28)29/h4-6,8-10,12,16-17,19H,7,11,13-15H2,1-3H3. The normalized spacial score (nSPS) is 16.7. The van der Waals surface area contributed by atoms with Gasteiger partial charge in [0.05, 0.1) is 27.7 Å². The fourth-order valence-corrected chi connectivity index (χ4v) is 4.68. The average molecular weight is 532 g/mol. The van der Waals surface area contributed by atoms with Crippen molar-refractivity contribution in [3.8, 4) is 11.5 Å². The average Bonchev–Trinajstić information content (AvgIpc) is 3.22. The molecule has 192 valence electrons. The molecule has 35 heavy (non-hydrogen) atoms. The zero-order valence-corrected chi connectivity index (χ0v) is 21.4. The molecule has 0 bridgehead atoms. The van der Waals surface area contributed by atoms with Gasteiger partial charge in [-0.25, -0.2) is 8.42 Å². The molecule has 1 aliphatic rings. The van der Waals surface area contributed by atoms with E-state index in [4.69, 9.17) is 21.1 Å². The van der Waals surface area contributed by atoms with E-state index in [1.165, 1.54) is 12.1 Å². The van der Waals surface area contributed by atoms with Crippen LogP contribution < -0.4 is 9.64 Å². The summed E-state index contributed by atoms with van der Waals surface area (Å²) in [5.41, 5.74) is 0.00599. The van der Waals surface area contributed by atoms with E-state index in [0.29, 0.717) is 13.0 Å². The van der Waals surface area contributed by atoms with Crippen LogP contribution in [0, 0.1) is 0 Å². The topological polar surface area (TPSA) is 55.8 Å². The molecule has 2 aromatic carbocycles. The monoisotopic (exact) mass is 531 g/mol. The first-order valence-electron chi connectivity index (χ1n) is 11.2. The molecular weight excluding hydrogens is 503 g/mol. The Morgan fingerprint density at radius 3 is 2.49 bits per heavy atom. The maximum atomic E-state index is 12.9. The maximum Gasteiger partial charge on any atom is 0.416 e. The number of ether oxygens (including phenoxy) is 2. The quantitative estimate of drug-likeness (QED) is 0.331. The van der Waals surface area contributed by atoms with Crippen LogP contribution in [0.5, 0.6) is 11.5 Å². The van der Waals surface area contributed by atoms with E-state index in [1.54, 1.807) is 39.0 Å². The van der Waals surface area contributed by atoms with E-state index in [2.05, 4.69) is 0 Å². The number of sulfone groups is 1. The lowest BCUT2D eigenvalue weighted by Crippen LogP contribution is -2.32. The Bertz CT molecular complexity index is 1160. The molecule has 10 heteroatoms. The number of rotatable bonds is 9. The van der Waals surface area contributed by atoms with Crippen LogP contribution in [-0.4, -0.2) is 38.2 Å². The van der Waals surface area contributed by atoms with Gasteiger partial charge in [-0.2, -0.15) is 13.2 Å². The van der Waals surface area contributed by atoms with E-state index in [0.717, 1.165) is 24.2 Å². The summed E-state index contributed by atoms with van der Waals surface area (Å²) in [6.45, 7) is 5.57. The first-order valence-corrected chi connectivity index (χ1v) is 13.2. The molecule has 2 aromatic rings. The molecule has 0 aromatic heterocycles. The summed E-state index contributed by atoms with van der Waals surface area (Å²) >= 11 is 6.38. The number of halogens is 4. The summed E-state index contributed by atoms with van der Waals surface area (Å²) in [5.74, 6) is 0.267. The Labute approximate surface area is 209 Å². The summed E-state index contributed by atoms with van der Waals surface area (Å²) in [4.78, 5) is 2.04. The van der Waals surface area contributed by atoms with Crippen LogP contribution in [0.15, 0.2) is 54.7 Å². The molecular formula is C25H29ClF3NO4S. The molecule has 0 fully saturated rings. The summed E-state index contributed by atoms with van der Waals surface area (Å²) in [5, 5.41) is 0.266. The molecule has 1 heterocycles. The summed E-state index contributed by atoms with van der Waals surface area (Å²) in [7, 11) is -3.22. The molecule has 0 N–H and O–H groups in total. The third-order valence-electron chi connectivity index (χ3n) is 5.70. The van der Waals surface area contributed by atoms with E-state index < -0.39 is 26.3 Å². The molecule has 0 saturated heterocycles. The van der Waals surface area contributed by atoms with Gasteiger partial charge in [0, 0.05) is 24.5 Å². The molecule has 5 nitrogen and oxygen atoms in total. The van der Waals surface area contributed by atoms with Gasteiger partial charge < -0.3 is 14.4 Å². The van der Waals surface area contributed by atoms with Gasteiger partial charge in [0.25, 0.3) is 0 Å². The summed E-state index contributed by atoms with van der Waals surface area (Å²) < 4.78 is 73.6. The van der Waals surface area contributed by atoms with Crippen molar-refractivity contribution in [2.75, 3.05) is 23.9 Å². The van der Waals surface area contributed by atoms with Crippen LogP contribution in [0.1, 0.15) is 39.2 Å². The highest BCUT2D eigenvalue weighted by atomic mass is 35.5. The van der Waals surface area contributed by atoms with E-state index >= 15 is 0 Å². The summed E-state index contributed by atoms with van der Waals surface area (Å²) in [6.07, 6.45) is 0.977. The highest BCUT2D eigenvalue weighted by molar-refractivity contribution is 7.92. The highest BCUT2D eigenvalue weighted by Crippen LogP contribution is 2.37. The van der Waals surface area contributed by atoms with Crippen LogP contribution >= 0.6 is 11.6 Å². The van der Waals surface area contributed by atoms with Gasteiger partial charge in [-0.05, 0) is 70.0 Å². The van der Waals surface area contributed by atoms with E-state index in [1.807, 2.05) is 17.2 Å². The van der Waals surface area contributed by atoms with Crippen LogP contribution in [-0.2, 0) is 20.8 Å². The Kier molecular flexibility index (Phi) is 8.44.